The molecule has 8 heteroatoms. The van der Waals surface area contributed by atoms with Gasteiger partial charge in [-0.25, -0.2) is 0 Å². The smallest absolute Gasteiger partial charge is 0.256 e. The second-order valence-electron chi connectivity index (χ2n) is 8.99. The Hall–Kier alpha value is -2.64. The molecule has 3 N–H and O–H groups in total. The van der Waals surface area contributed by atoms with Crippen molar-refractivity contribution in [3.63, 3.8) is 0 Å². The first-order valence-corrected chi connectivity index (χ1v) is 11.7. The summed E-state index contributed by atoms with van der Waals surface area (Å²) in [6, 6.07) is 7.56. The molecule has 1 unspecified atom stereocenters. The maximum absolute atomic E-state index is 13.9. The van der Waals surface area contributed by atoms with Crippen LogP contribution in [0.15, 0.2) is 36.7 Å². The minimum atomic E-state index is -0.571. The summed E-state index contributed by atoms with van der Waals surface area (Å²) >= 11 is 6.44. The van der Waals surface area contributed by atoms with Crippen molar-refractivity contribution in [2.75, 3.05) is 37.6 Å². The van der Waals surface area contributed by atoms with Crippen molar-refractivity contribution in [1.29, 1.82) is 0 Å². The minimum Gasteiger partial charge on any atom is -0.371 e. The maximum atomic E-state index is 13.9. The Kier molecular flexibility index (Phi) is 5.55. The topological polar surface area (TPSA) is 91.6 Å². The molecule has 1 aromatic carbocycles. The highest BCUT2D eigenvalue weighted by molar-refractivity contribution is 6.31. The van der Waals surface area contributed by atoms with Gasteiger partial charge in [0, 0.05) is 50.8 Å². The molecule has 0 radical (unpaired) electrons. The standard InChI is InChI=1S/C24H28ClN5O2/c25-19-14-27-8-5-17(19)21-15-28-9-12-30(21)22(31)18-4-3-16(24(6-7-24)23(26)32)13-20(18)29-10-1-2-11-29/h3-5,8,13-14,21,28H,1-2,6-7,9-12,15H2,(H2,26,32). The number of rotatable bonds is 5. The lowest BCUT2D eigenvalue weighted by atomic mass is 9.92. The molecule has 1 saturated carbocycles. The zero-order chi connectivity index (χ0) is 22.3. The highest BCUT2D eigenvalue weighted by Gasteiger charge is 2.50. The number of halogens is 1. The first-order valence-electron chi connectivity index (χ1n) is 11.3. The highest BCUT2D eigenvalue weighted by atomic mass is 35.5. The van der Waals surface area contributed by atoms with E-state index in [0.29, 0.717) is 23.7 Å². The lowest BCUT2D eigenvalue weighted by Crippen LogP contribution is -2.49. The fourth-order valence-electron chi connectivity index (χ4n) is 5.07. The predicted octanol–water partition coefficient (Wildman–Crippen LogP) is 2.64. The maximum Gasteiger partial charge on any atom is 0.256 e. The van der Waals surface area contributed by atoms with E-state index >= 15 is 0 Å². The number of hydrogen-bond donors (Lipinski definition) is 2. The summed E-state index contributed by atoms with van der Waals surface area (Å²) in [5.41, 5.74) is 8.57. The molecule has 2 saturated heterocycles. The molecule has 1 aliphatic carbocycles. The van der Waals surface area contributed by atoms with Gasteiger partial charge in [0.1, 0.15) is 0 Å². The number of hydrogen-bond acceptors (Lipinski definition) is 5. The predicted molar refractivity (Wildman–Crippen MR) is 124 cm³/mol. The molecule has 3 aliphatic rings. The number of nitrogens with zero attached hydrogens (tertiary/aromatic N) is 3. The largest absolute Gasteiger partial charge is 0.371 e. The number of benzene rings is 1. The molecule has 0 bridgehead atoms. The number of carbonyl (C=O) groups excluding carboxylic acids is 2. The van der Waals surface area contributed by atoms with Gasteiger partial charge in [0.2, 0.25) is 5.91 Å². The van der Waals surface area contributed by atoms with E-state index in [9.17, 15) is 9.59 Å². The molecule has 3 fully saturated rings. The van der Waals surface area contributed by atoms with Crippen LogP contribution in [0.4, 0.5) is 5.69 Å². The average Bonchev–Trinajstić information content (AvgIpc) is 3.46. The number of pyridine rings is 1. The first-order chi connectivity index (χ1) is 15.5. The van der Waals surface area contributed by atoms with Gasteiger partial charge in [0.05, 0.1) is 22.0 Å². The summed E-state index contributed by atoms with van der Waals surface area (Å²) in [4.78, 5) is 34.3. The molecular formula is C24H28ClN5O2. The van der Waals surface area contributed by atoms with Crippen LogP contribution >= 0.6 is 11.6 Å². The Labute approximate surface area is 192 Å². The van der Waals surface area contributed by atoms with Gasteiger partial charge < -0.3 is 20.9 Å². The van der Waals surface area contributed by atoms with Gasteiger partial charge in [-0.1, -0.05) is 17.7 Å². The summed E-state index contributed by atoms with van der Waals surface area (Å²) < 4.78 is 0. The second kappa shape index (κ2) is 8.37. The Bertz CT molecular complexity index is 1050. The number of nitrogens with two attached hydrogens (primary N) is 1. The third-order valence-electron chi connectivity index (χ3n) is 7.12. The Balaban J connectivity index is 1.53. The third kappa shape index (κ3) is 3.63. The molecule has 5 rings (SSSR count). The molecule has 32 heavy (non-hydrogen) atoms. The molecule has 7 nitrogen and oxygen atoms in total. The van der Waals surface area contributed by atoms with Gasteiger partial charge in [-0.2, -0.15) is 0 Å². The molecule has 2 aromatic rings. The van der Waals surface area contributed by atoms with Crippen LogP contribution in [-0.2, 0) is 10.2 Å². The zero-order valence-electron chi connectivity index (χ0n) is 18.0. The molecule has 3 heterocycles. The van der Waals surface area contributed by atoms with E-state index in [2.05, 4.69) is 15.2 Å². The minimum absolute atomic E-state index is 0.0123. The van der Waals surface area contributed by atoms with Crippen LogP contribution in [0.2, 0.25) is 5.02 Å². The van der Waals surface area contributed by atoms with Gasteiger partial charge in [0.15, 0.2) is 0 Å². The van der Waals surface area contributed by atoms with Crippen LogP contribution in [0, 0.1) is 0 Å². The van der Waals surface area contributed by atoms with Crippen molar-refractivity contribution in [1.82, 2.24) is 15.2 Å². The fourth-order valence-corrected chi connectivity index (χ4v) is 5.31. The third-order valence-corrected chi connectivity index (χ3v) is 7.43. The van der Waals surface area contributed by atoms with E-state index in [1.165, 1.54) is 0 Å². The van der Waals surface area contributed by atoms with Gasteiger partial charge in [0.25, 0.3) is 5.91 Å². The monoisotopic (exact) mass is 453 g/mol. The Morgan fingerprint density at radius 1 is 1.16 bits per heavy atom. The quantitative estimate of drug-likeness (QED) is 0.726. The lowest BCUT2D eigenvalue weighted by molar-refractivity contribution is -0.120. The average molecular weight is 454 g/mol. The van der Waals surface area contributed by atoms with Crippen molar-refractivity contribution in [3.05, 3.63) is 58.4 Å². The van der Waals surface area contributed by atoms with Gasteiger partial charge in [-0.15, -0.1) is 0 Å². The summed E-state index contributed by atoms with van der Waals surface area (Å²) in [6.45, 7) is 3.78. The van der Waals surface area contributed by atoms with E-state index in [0.717, 1.165) is 62.1 Å². The van der Waals surface area contributed by atoms with Crippen molar-refractivity contribution in [2.24, 2.45) is 5.73 Å². The number of anilines is 1. The summed E-state index contributed by atoms with van der Waals surface area (Å²) in [5.74, 6) is -0.291. The summed E-state index contributed by atoms with van der Waals surface area (Å²) in [5, 5.41) is 3.94. The van der Waals surface area contributed by atoms with Crippen molar-refractivity contribution < 1.29 is 9.59 Å². The number of aromatic nitrogens is 1. The van der Waals surface area contributed by atoms with Crippen molar-refractivity contribution in [3.8, 4) is 0 Å². The number of piperazine rings is 1. The van der Waals surface area contributed by atoms with Crippen LogP contribution in [0.1, 0.15) is 53.2 Å². The first kappa shape index (κ1) is 21.2. The van der Waals surface area contributed by atoms with Crippen molar-refractivity contribution in [2.45, 2.75) is 37.1 Å². The van der Waals surface area contributed by atoms with Crippen molar-refractivity contribution >= 4 is 29.1 Å². The second-order valence-corrected chi connectivity index (χ2v) is 9.40. The number of carbonyl (C=O) groups is 2. The van der Waals surface area contributed by atoms with E-state index in [1.807, 2.05) is 29.2 Å². The molecule has 1 aromatic heterocycles. The highest BCUT2D eigenvalue weighted by Crippen LogP contribution is 2.49. The van der Waals surface area contributed by atoms with E-state index in [-0.39, 0.29) is 17.9 Å². The van der Waals surface area contributed by atoms with Crippen LogP contribution < -0.4 is 16.0 Å². The van der Waals surface area contributed by atoms with Gasteiger partial charge in [-0.3, -0.25) is 14.6 Å². The van der Waals surface area contributed by atoms with Crippen LogP contribution in [0.5, 0.6) is 0 Å². The fraction of sp³-hybridized carbons (Fsp3) is 0.458. The van der Waals surface area contributed by atoms with Gasteiger partial charge >= 0.3 is 0 Å². The summed E-state index contributed by atoms with van der Waals surface area (Å²) in [6.07, 6.45) is 7.08. The molecular weight excluding hydrogens is 426 g/mol. The van der Waals surface area contributed by atoms with Gasteiger partial charge in [-0.05, 0) is 55.0 Å². The molecule has 1 atom stereocenters. The number of amides is 2. The molecule has 168 valence electrons. The van der Waals surface area contributed by atoms with Crippen LogP contribution in [-0.4, -0.2) is 54.4 Å². The summed E-state index contributed by atoms with van der Waals surface area (Å²) in [7, 11) is 0. The number of nitrogens with one attached hydrogen (secondary N) is 1. The lowest BCUT2D eigenvalue weighted by Gasteiger charge is -2.37. The molecule has 0 spiro atoms. The van der Waals surface area contributed by atoms with Crippen LogP contribution in [0.25, 0.3) is 0 Å². The zero-order valence-corrected chi connectivity index (χ0v) is 18.8. The van der Waals surface area contributed by atoms with E-state index in [4.69, 9.17) is 17.3 Å². The number of primary amides is 1. The SMILES string of the molecule is NC(=O)C1(c2ccc(C(=O)N3CCNCC3c3ccncc3Cl)c(N3CCCC3)c2)CC1. The van der Waals surface area contributed by atoms with E-state index in [1.54, 1.807) is 12.4 Å². The Morgan fingerprint density at radius 3 is 2.62 bits per heavy atom. The Morgan fingerprint density at radius 2 is 1.94 bits per heavy atom. The molecule has 2 amide bonds. The van der Waals surface area contributed by atoms with Crippen LogP contribution in [0.3, 0.4) is 0 Å². The normalized spacial score (nSPS) is 22.1. The van der Waals surface area contributed by atoms with E-state index < -0.39 is 5.41 Å². The molecule has 2 aliphatic heterocycles.